The molecule has 0 aliphatic rings. The standard InChI is InChI=1S/C21H43N/c1-2-3-4-5-6-7-8-9-10-11-12-13-14-15-16-17-18-19-20-21-22/h2-21H2,1H3. The van der Waals surface area contributed by atoms with Crippen molar-refractivity contribution in [1.82, 2.24) is 5.73 Å². The van der Waals surface area contributed by atoms with Crippen LogP contribution in [0.25, 0.3) is 0 Å². The van der Waals surface area contributed by atoms with E-state index >= 15 is 0 Å². The fraction of sp³-hybridized carbons (Fsp3) is 1.00. The van der Waals surface area contributed by atoms with Crippen LogP contribution in [0.2, 0.25) is 0 Å². The fourth-order valence-electron chi connectivity index (χ4n) is 3.19. The Hall–Kier alpha value is -0.0400. The second-order valence-electron chi connectivity index (χ2n) is 7.09. The van der Waals surface area contributed by atoms with Crippen molar-refractivity contribution < 1.29 is 0 Å². The van der Waals surface area contributed by atoms with Gasteiger partial charge in [-0.15, -0.1) is 5.73 Å². The van der Waals surface area contributed by atoms with Gasteiger partial charge in [-0.2, -0.15) is 0 Å². The third-order valence-corrected chi connectivity index (χ3v) is 4.76. The molecule has 0 aromatic rings. The molecule has 0 fully saturated rings. The molecule has 0 saturated carbocycles. The van der Waals surface area contributed by atoms with Crippen molar-refractivity contribution in [3.63, 3.8) is 0 Å². The Morgan fingerprint density at radius 1 is 0.364 bits per heavy atom. The van der Waals surface area contributed by atoms with Crippen LogP contribution >= 0.6 is 0 Å². The predicted octanol–water partition coefficient (Wildman–Crippen LogP) is 7.49. The third kappa shape index (κ3) is 20.0. The Balaban J connectivity index is 2.91. The van der Waals surface area contributed by atoms with Crippen molar-refractivity contribution in [2.75, 3.05) is 6.54 Å². The molecule has 1 nitrogen and oxygen atoms in total. The number of hydrogen-bond acceptors (Lipinski definition) is 0. The summed E-state index contributed by atoms with van der Waals surface area (Å²) in [6.45, 7) is 2.66. The van der Waals surface area contributed by atoms with E-state index in [9.17, 15) is 0 Å². The van der Waals surface area contributed by atoms with Gasteiger partial charge in [-0.25, -0.2) is 0 Å². The molecular formula is C21H43N. The molecule has 0 unspecified atom stereocenters. The smallest absolute Gasteiger partial charge is 0.0321 e. The van der Waals surface area contributed by atoms with E-state index in [0.29, 0.717) is 6.54 Å². The van der Waals surface area contributed by atoms with E-state index < -0.39 is 0 Å². The molecule has 0 spiro atoms. The first-order chi connectivity index (χ1) is 10.9. The minimum atomic E-state index is 0.374. The van der Waals surface area contributed by atoms with Crippen LogP contribution in [0.4, 0.5) is 0 Å². The van der Waals surface area contributed by atoms with Crippen LogP contribution in [-0.4, -0.2) is 6.54 Å². The van der Waals surface area contributed by atoms with Gasteiger partial charge in [0.25, 0.3) is 0 Å². The van der Waals surface area contributed by atoms with E-state index in [2.05, 4.69) is 6.92 Å². The molecule has 0 N–H and O–H groups in total. The lowest BCUT2D eigenvalue weighted by Crippen LogP contribution is -1.86. The van der Waals surface area contributed by atoms with Gasteiger partial charge in [0.2, 0.25) is 0 Å². The van der Waals surface area contributed by atoms with Crippen LogP contribution < -0.4 is 5.73 Å². The highest BCUT2D eigenvalue weighted by Crippen LogP contribution is 2.14. The summed E-state index contributed by atoms with van der Waals surface area (Å²) in [7, 11) is 0. The monoisotopic (exact) mass is 309 g/mol. The van der Waals surface area contributed by atoms with Crippen molar-refractivity contribution in [3.05, 3.63) is 0 Å². The maximum absolute atomic E-state index is 8.70. The highest BCUT2D eigenvalue weighted by Gasteiger charge is 1.94. The van der Waals surface area contributed by atoms with Gasteiger partial charge in [-0.3, -0.25) is 0 Å². The molecular weight excluding hydrogens is 266 g/mol. The van der Waals surface area contributed by atoms with Gasteiger partial charge in [-0.1, -0.05) is 122 Å². The third-order valence-electron chi connectivity index (χ3n) is 4.76. The summed E-state index contributed by atoms with van der Waals surface area (Å²) in [5, 5.41) is 0. The molecule has 0 aliphatic heterocycles. The van der Waals surface area contributed by atoms with Crippen molar-refractivity contribution in [2.24, 2.45) is 0 Å². The molecule has 0 heterocycles. The summed E-state index contributed by atoms with van der Waals surface area (Å²) in [6, 6.07) is 0. The topological polar surface area (TPSA) is 22.3 Å². The van der Waals surface area contributed by atoms with Gasteiger partial charge < -0.3 is 0 Å². The van der Waals surface area contributed by atoms with Crippen LogP contribution in [0.15, 0.2) is 0 Å². The molecule has 0 aliphatic carbocycles. The lowest BCUT2D eigenvalue weighted by atomic mass is 10.0. The molecule has 0 aromatic heterocycles. The van der Waals surface area contributed by atoms with E-state index in [1.165, 1.54) is 116 Å². The normalized spacial score (nSPS) is 11.2. The molecule has 0 saturated heterocycles. The second kappa shape index (κ2) is 21.0. The van der Waals surface area contributed by atoms with Gasteiger partial charge >= 0.3 is 0 Å². The largest absolute Gasteiger partial charge is 0.145 e. The Morgan fingerprint density at radius 2 is 0.591 bits per heavy atom. The van der Waals surface area contributed by atoms with Crippen LogP contribution in [0, 0.1) is 0 Å². The molecule has 132 valence electrons. The van der Waals surface area contributed by atoms with E-state index in [4.69, 9.17) is 5.73 Å². The van der Waals surface area contributed by atoms with Crippen LogP contribution in [0.3, 0.4) is 0 Å². The zero-order valence-corrected chi connectivity index (χ0v) is 15.6. The average Bonchev–Trinajstić information content (AvgIpc) is 2.54. The lowest BCUT2D eigenvalue weighted by Gasteiger charge is -2.03. The van der Waals surface area contributed by atoms with Crippen LogP contribution in [0.5, 0.6) is 0 Å². The van der Waals surface area contributed by atoms with Gasteiger partial charge in [-0.05, 0) is 6.42 Å². The van der Waals surface area contributed by atoms with E-state index in [1.54, 1.807) is 0 Å². The van der Waals surface area contributed by atoms with Gasteiger partial charge in [0.05, 0.1) is 0 Å². The van der Waals surface area contributed by atoms with Crippen LogP contribution in [0.1, 0.15) is 129 Å². The minimum Gasteiger partial charge on any atom is -0.145 e. The number of nitrogens with zero attached hydrogens (tertiary/aromatic N) is 1. The first kappa shape index (κ1) is 22.0. The summed E-state index contributed by atoms with van der Waals surface area (Å²) in [4.78, 5) is 0. The predicted molar refractivity (Wildman–Crippen MR) is 100 cm³/mol. The molecule has 0 amide bonds. The summed E-state index contributed by atoms with van der Waals surface area (Å²) in [5.74, 6) is 0. The molecule has 2 radical (unpaired) electrons. The minimum absolute atomic E-state index is 0.374. The fourth-order valence-corrected chi connectivity index (χ4v) is 3.19. The zero-order valence-electron chi connectivity index (χ0n) is 15.6. The second-order valence-corrected chi connectivity index (χ2v) is 7.09. The molecule has 0 aromatic carbocycles. The van der Waals surface area contributed by atoms with Gasteiger partial charge in [0.15, 0.2) is 0 Å². The van der Waals surface area contributed by atoms with Crippen LogP contribution in [-0.2, 0) is 0 Å². The first-order valence-corrected chi connectivity index (χ1v) is 10.5. The van der Waals surface area contributed by atoms with Gasteiger partial charge in [0, 0.05) is 6.54 Å². The summed E-state index contributed by atoms with van der Waals surface area (Å²) < 4.78 is 0. The Kier molecular flexibility index (Phi) is 20.9. The molecule has 0 bridgehead atoms. The zero-order chi connectivity index (χ0) is 16.1. The van der Waals surface area contributed by atoms with Crippen molar-refractivity contribution in [1.29, 1.82) is 0 Å². The van der Waals surface area contributed by atoms with Gasteiger partial charge in [0.1, 0.15) is 0 Å². The quantitative estimate of drug-likeness (QED) is 0.221. The lowest BCUT2D eigenvalue weighted by molar-refractivity contribution is 0.523. The maximum atomic E-state index is 8.70. The molecule has 0 rings (SSSR count). The SMILES string of the molecule is CCCCCCCCCCCCCCCCCCCCC[N]. The van der Waals surface area contributed by atoms with Crippen molar-refractivity contribution >= 4 is 0 Å². The Labute approximate surface area is 141 Å². The summed E-state index contributed by atoms with van der Waals surface area (Å²) in [6.07, 6.45) is 26.6. The highest BCUT2D eigenvalue weighted by molar-refractivity contribution is 4.50. The summed E-state index contributed by atoms with van der Waals surface area (Å²) >= 11 is 0. The molecule has 0 atom stereocenters. The van der Waals surface area contributed by atoms with E-state index in [1.807, 2.05) is 0 Å². The summed E-state index contributed by atoms with van der Waals surface area (Å²) in [5.41, 5.74) is 8.70. The molecule has 22 heavy (non-hydrogen) atoms. The average molecular weight is 310 g/mol. The Morgan fingerprint density at radius 3 is 0.818 bits per heavy atom. The van der Waals surface area contributed by atoms with E-state index in [-0.39, 0.29) is 0 Å². The number of rotatable bonds is 19. The van der Waals surface area contributed by atoms with Crippen molar-refractivity contribution in [2.45, 2.75) is 129 Å². The molecule has 1 heteroatoms. The Bertz CT molecular complexity index is 159. The highest BCUT2D eigenvalue weighted by atomic mass is 14.5. The van der Waals surface area contributed by atoms with E-state index in [0.717, 1.165) is 6.42 Å². The maximum Gasteiger partial charge on any atom is 0.0321 e. The van der Waals surface area contributed by atoms with Crippen molar-refractivity contribution in [3.8, 4) is 0 Å². The number of hydrogen-bond donors (Lipinski definition) is 0. The number of unbranched alkanes of at least 4 members (excludes halogenated alkanes) is 18. The first-order valence-electron chi connectivity index (χ1n) is 10.5.